The van der Waals surface area contributed by atoms with Crippen LogP contribution in [0.5, 0.6) is 5.75 Å². The number of hydrogen-bond donors (Lipinski definition) is 2. The largest absolute Gasteiger partial charge is 0.573 e. The Morgan fingerprint density at radius 2 is 1.86 bits per heavy atom. The van der Waals surface area contributed by atoms with Crippen molar-refractivity contribution in [3.8, 4) is 5.75 Å². The van der Waals surface area contributed by atoms with Gasteiger partial charge in [0.15, 0.2) is 0 Å². The van der Waals surface area contributed by atoms with E-state index < -0.39 is 12.3 Å². The molecule has 9 heteroatoms. The van der Waals surface area contributed by atoms with Gasteiger partial charge in [-0.05, 0) is 67.3 Å². The van der Waals surface area contributed by atoms with Crippen LogP contribution < -0.4 is 10.1 Å². The van der Waals surface area contributed by atoms with E-state index in [9.17, 15) is 18.0 Å². The van der Waals surface area contributed by atoms with Gasteiger partial charge < -0.3 is 19.7 Å². The van der Waals surface area contributed by atoms with Crippen LogP contribution in [0, 0.1) is 6.92 Å². The predicted molar refractivity (Wildman–Crippen MR) is 127 cm³/mol. The first-order valence-corrected chi connectivity index (χ1v) is 11.0. The molecule has 0 radical (unpaired) electrons. The Balaban J connectivity index is 1.74. The molecule has 0 unspecified atom stereocenters. The highest BCUT2D eigenvalue weighted by Gasteiger charge is 2.31. The van der Waals surface area contributed by atoms with Gasteiger partial charge in [-0.15, -0.1) is 13.2 Å². The maximum atomic E-state index is 12.6. The fraction of sp³-hybridized carbons (Fsp3) is 0.231. The molecule has 0 aliphatic rings. The number of benzene rings is 3. The molecular weight excluding hydrogens is 459 g/mol. The third-order valence-corrected chi connectivity index (χ3v) is 5.73. The molecule has 4 rings (SSSR count). The zero-order chi connectivity index (χ0) is 25.2. The Morgan fingerprint density at radius 3 is 2.51 bits per heavy atom. The van der Waals surface area contributed by atoms with Crippen LogP contribution >= 0.6 is 0 Å². The third-order valence-electron chi connectivity index (χ3n) is 5.73. The molecule has 1 aromatic heterocycles. The number of fused-ring (bicyclic) bond motifs is 1. The Bertz CT molecular complexity index is 1350. The van der Waals surface area contributed by atoms with Gasteiger partial charge in [-0.25, -0.2) is 4.98 Å². The third kappa shape index (κ3) is 5.74. The van der Waals surface area contributed by atoms with Crippen LogP contribution in [-0.2, 0) is 11.2 Å². The monoisotopic (exact) mass is 483 g/mol. The molecule has 6 nitrogen and oxygen atoms in total. The summed E-state index contributed by atoms with van der Waals surface area (Å²) in [6, 6.07) is 19.5. The number of aryl methyl sites for hydroxylation is 2. The first-order valence-electron chi connectivity index (χ1n) is 11.0. The van der Waals surface area contributed by atoms with E-state index in [1.165, 1.54) is 18.2 Å². The quantitative estimate of drug-likeness (QED) is 0.295. The summed E-state index contributed by atoms with van der Waals surface area (Å²) >= 11 is 0. The number of aromatic nitrogens is 2. The van der Waals surface area contributed by atoms with Crippen molar-refractivity contribution >= 4 is 28.6 Å². The van der Waals surface area contributed by atoms with E-state index in [0.29, 0.717) is 29.1 Å². The Morgan fingerprint density at radius 1 is 1.11 bits per heavy atom. The SMILES string of the molecule is Cc1cc(OC(F)(F)F)ccc1Nc1nc2cc(CCC(=O)O)ccc2n1[C@H](C)c1ccccc1. The molecule has 1 heterocycles. The van der Waals surface area contributed by atoms with Crippen molar-refractivity contribution in [1.29, 1.82) is 0 Å². The van der Waals surface area contributed by atoms with Crippen LogP contribution in [0.25, 0.3) is 11.0 Å². The first-order chi connectivity index (χ1) is 16.6. The molecule has 0 bridgehead atoms. The highest BCUT2D eigenvalue weighted by atomic mass is 19.4. The van der Waals surface area contributed by atoms with Gasteiger partial charge in [-0.3, -0.25) is 4.79 Å². The number of halogens is 3. The summed E-state index contributed by atoms with van der Waals surface area (Å²) in [7, 11) is 0. The lowest BCUT2D eigenvalue weighted by molar-refractivity contribution is -0.274. The van der Waals surface area contributed by atoms with E-state index in [0.717, 1.165) is 16.6 Å². The Hall–Kier alpha value is -4.01. The van der Waals surface area contributed by atoms with Gasteiger partial charge in [-0.2, -0.15) is 0 Å². The number of hydrogen-bond acceptors (Lipinski definition) is 4. The lowest BCUT2D eigenvalue weighted by Crippen LogP contribution is -2.17. The average Bonchev–Trinajstić information content (AvgIpc) is 3.15. The number of carbonyl (C=O) groups is 1. The normalized spacial score (nSPS) is 12.5. The molecule has 0 spiro atoms. The number of aliphatic carboxylic acids is 1. The summed E-state index contributed by atoms with van der Waals surface area (Å²) in [5, 5.41) is 12.3. The smallest absolute Gasteiger partial charge is 0.481 e. The molecule has 2 N–H and O–H groups in total. The van der Waals surface area contributed by atoms with Crippen molar-refractivity contribution in [1.82, 2.24) is 9.55 Å². The van der Waals surface area contributed by atoms with E-state index in [4.69, 9.17) is 10.1 Å². The van der Waals surface area contributed by atoms with Crippen LogP contribution in [0.15, 0.2) is 66.7 Å². The summed E-state index contributed by atoms with van der Waals surface area (Å²) in [5.74, 6) is -0.654. The van der Waals surface area contributed by atoms with Gasteiger partial charge in [0.2, 0.25) is 5.95 Å². The van der Waals surface area contributed by atoms with E-state index in [1.54, 1.807) is 6.92 Å². The summed E-state index contributed by atoms with van der Waals surface area (Å²) < 4.78 is 43.8. The molecule has 4 aromatic rings. The minimum absolute atomic E-state index is 0.0171. The summed E-state index contributed by atoms with van der Waals surface area (Å²) in [4.78, 5) is 15.7. The summed E-state index contributed by atoms with van der Waals surface area (Å²) in [6.45, 7) is 3.72. The number of carboxylic acid groups (broad SMARTS) is 1. The molecule has 0 saturated carbocycles. The van der Waals surface area contributed by atoms with Crippen LogP contribution in [0.1, 0.15) is 36.1 Å². The number of nitrogens with one attached hydrogen (secondary N) is 1. The molecule has 1 atom stereocenters. The maximum absolute atomic E-state index is 12.6. The molecule has 0 saturated heterocycles. The predicted octanol–water partition coefficient (Wildman–Crippen LogP) is 6.61. The molecular formula is C26H24F3N3O3. The number of alkyl halides is 3. The second-order valence-electron chi connectivity index (χ2n) is 8.26. The fourth-order valence-electron chi connectivity index (χ4n) is 4.01. The van der Waals surface area contributed by atoms with E-state index in [1.807, 2.05) is 60.0 Å². The summed E-state index contributed by atoms with van der Waals surface area (Å²) in [6.07, 6.45) is -4.36. The minimum Gasteiger partial charge on any atom is -0.481 e. The standard InChI is InChI=1S/C26H24F3N3O3/c1-16-14-20(35-26(27,28)29)10-11-21(16)30-25-31-22-15-18(9-13-24(33)34)8-12-23(22)32(25)17(2)19-6-4-3-5-7-19/h3-8,10-12,14-15,17H,9,13H2,1-2H3,(H,30,31)(H,33,34)/t17-/m1/s1. The molecule has 0 aliphatic carbocycles. The van der Waals surface area contributed by atoms with Gasteiger partial charge in [-0.1, -0.05) is 36.4 Å². The number of carboxylic acids is 1. The van der Waals surface area contributed by atoms with E-state index in [-0.39, 0.29) is 18.2 Å². The van der Waals surface area contributed by atoms with E-state index in [2.05, 4.69) is 10.1 Å². The van der Waals surface area contributed by atoms with E-state index >= 15 is 0 Å². The van der Waals surface area contributed by atoms with Crippen molar-refractivity contribution in [3.63, 3.8) is 0 Å². The zero-order valence-corrected chi connectivity index (χ0v) is 19.1. The van der Waals surface area contributed by atoms with Gasteiger partial charge in [0, 0.05) is 12.1 Å². The highest BCUT2D eigenvalue weighted by molar-refractivity contribution is 5.81. The minimum atomic E-state index is -4.77. The molecule has 35 heavy (non-hydrogen) atoms. The number of imidazole rings is 1. The van der Waals surface area contributed by atoms with Gasteiger partial charge in [0.1, 0.15) is 5.75 Å². The molecule has 0 fully saturated rings. The number of nitrogens with zero attached hydrogens (tertiary/aromatic N) is 2. The van der Waals surface area contributed by atoms with Gasteiger partial charge in [0.05, 0.1) is 17.1 Å². The lowest BCUT2D eigenvalue weighted by Gasteiger charge is -2.19. The fourth-order valence-corrected chi connectivity index (χ4v) is 4.01. The van der Waals surface area contributed by atoms with Gasteiger partial charge >= 0.3 is 12.3 Å². The molecule has 0 aliphatic heterocycles. The average molecular weight is 483 g/mol. The van der Waals surface area contributed by atoms with Crippen LogP contribution in [0.4, 0.5) is 24.8 Å². The molecule has 3 aromatic carbocycles. The first kappa shape index (κ1) is 24.1. The van der Waals surface area contributed by atoms with Crippen molar-refractivity contribution in [2.24, 2.45) is 0 Å². The molecule has 182 valence electrons. The van der Waals surface area contributed by atoms with Crippen molar-refractivity contribution in [2.75, 3.05) is 5.32 Å². The van der Waals surface area contributed by atoms with Crippen molar-refractivity contribution < 1.29 is 27.8 Å². The highest BCUT2D eigenvalue weighted by Crippen LogP contribution is 2.33. The van der Waals surface area contributed by atoms with Crippen LogP contribution in [0.3, 0.4) is 0 Å². The van der Waals surface area contributed by atoms with Crippen LogP contribution in [-0.4, -0.2) is 27.0 Å². The molecule has 0 amide bonds. The zero-order valence-electron chi connectivity index (χ0n) is 19.1. The van der Waals surface area contributed by atoms with Crippen molar-refractivity contribution in [3.05, 3.63) is 83.4 Å². The number of rotatable bonds is 8. The van der Waals surface area contributed by atoms with Gasteiger partial charge in [0.25, 0.3) is 0 Å². The number of anilines is 2. The van der Waals surface area contributed by atoms with Crippen LogP contribution in [0.2, 0.25) is 0 Å². The Kier molecular flexibility index (Phi) is 6.68. The maximum Gasteiger partial charge on any atom is 0.573 e. The second kappa shape index (κ2) is 9.69. The second-order valence-corrected chi connectivity index (χ2v) is 8.26. The summed E-state index contributed by atoms with van der Waals surface area (Å²) in [5.41, 5.74) is 4.58. The number of ether oxygens (including phenoxy) is 1. The van der Waals surface area contributed by atoms with Crippen molar-refractivity contribution in [2.45, 2.75) is 39.1 Å². The lowest BCUT2D eigenvalue weighted by atomic mass is 10.1. The topological polar surface area (TPSA) is 76.4 Å². The Labute approximate surface area is 200 Å².